The zero-order valence-corrected chi connectivity index (χ0v) is 13.1. The molecule has 120 valence electrons. The first kappa shape index (κ1) is 18.0. The number of hydrogen-bond acceptors (Lipinski definition) is 4. The number of carbonyl (C=O) groups excluding carboxylic acids is 1. The average Bonchev–Trinajstić information content (AvgIpc) is 2.97. The van der Waals surface area contributed by atoms with E-state index in [9.17, 15) is 4.79 Å². The molecule has 1 aliphatic rings. The Hall–Kier alpha value is -1.04. The van der Waals surface area contributed by atoms with E-state index in [2.05, 4.69) is 5.32 Å². The van der Waals surface area contributed by atoms with Gasteiger partial charge in [0.05, 0.1) is 18.2 Å². The highest BCUT2D eigenvalue weighted by Gasteiger charge is 2.13. The molecule has 0 atom stereocenters. The van der Waals surface area contributed by atoms with Crippen LogP contribution in [0.3, 0.4) is 0 Å². The fourth-order valence-corrected chi connectivity index (χ4v) is 2.46. The third-order valence-electron chi connectivity index (χ3n) is 3.63. The summed E-state index contributed by atoms with van der Waals surface area (Å²) < 4.78 is 10.9. The Labute approximate surface area is 132 Å². The molecule has 0 bridgehead atoms. The molecule has 0 saturated heterocycles. The normalized spacial score (nSPS) is 15.5. The van der Waals surface area contributed by atoms with Gasteiger partial charge in [0.2, 0.25) is 0 Å². The van der Waals surface area contributed by atoms with Gasteiger partial charge in [-0.15, -0.1) is 12.4 Å². The molecular formula is C15H25ClN2O3. The largest absolute Gasteiger partial charge is 0.467 e. The van der Waals surface area contributed by atoms with Crippen molar-refractivity contribution >= 4 is 18.3 Å². The number of ether oxygens (including phenoxy) is 1. The Balaban J connectivity index is 0.00000220. The molecule has 0 unspecified atom stereocenters. The Morgan fingerprint density at radius 3 is 2.81 bits per heavy atom. The molecule has 21 heavy (non-hydrogen) atoms. The van der Waals surface area contributed by atoms with E-state index in [0.717, 1.165) is 6.42 Å². The Kier molecular flexibility index (Phi) is 8.42. The van der Waals surface area contributed by atoms with Gasteiger partial charge >= 0.3 is 0 Å². The van der Waals surface area contributed by atoms with Crippen molar-refractivity contribution in [2.24, 2.45) is 5.73 Å². The summed E-state index contributed by atoms with van der Waals surface area (Å²) in [5, 5.41) is 2.85. The second kappa shape index (κ2) is 9.82. The SMILES string of the molecule is Cl.NCc1cc(C(=O)NCCCOC2CCCCC2)co1. The van der Waals surface area contributed by atoms with E-state index in [1.807, 2.05) is 0 Å². The van der Waals surface area contributed by atoms with Crippen LogP contribution in [-0.2, 0) is 11.3 Å². The maximum Gasteiger partial charge on any atom is 0.254 e. The van der Waals surface area contributed by atoms with E-state index in [1.165, 1.54) is 38.4 Å². The minimum absolute atomic E-state index is 0. The number of furan rings is 1. The molecule has 5 nitrogen and oxygen atoms in total. The molecule has 1 aliphatic carbocycles. The Bertz CT molecular complexity index is 417. The summed E-state index contributed by atoms with van der Waals surface area (Å²) in [4.78, 5) is 11.8. The van der Waals surface area contributed by atoms with Crippen molar-refractivity contribution in [3.63, 3.8) is 0 Å². The quantitative estimate of drug-likeness (QED) is 0.758. The summed E-state index contributed by atoms with van der Waals surface area (Å²) >= 11 is 0. The van der Waals surface area contributed by atoms with Gasteiger partial charge in [-0.05, 0) is 25.3 Å². The molecule has 6 heteroatoms. The molecule has 1 heterocycles. The Morgan fingerprint density at radius 2 is 2.14 bits per heavy atom. The number of hydrogen-bond donors (Lipinski definition) is 2. The van der Waals surface area contributed by atoms with Crippen molar-refractivity contribution in [3.05, 3.63) is 23.7 Å². The van der Waals surface area contributed by atoms with E-state index in [-0.39, 0.29) is 18.3 Å². The summed E-state index contributed by atoms with van der Waals surface area (Å²) in [7, 11) is 0. The lowest BCUT2D eigenvalue weighted by molar-refractivity contribution is 0.0273. The van der Waals surface area contributed by atoms with Crippen molar-refractivity contribution in [1.82, 2.24) is 5.32 Å². The third kappa shape index (κ3) is 6.08. The van der Waals surface area contributed by atoms with Crippen molar-refractivity contribution in [2.75, 3.05) is 13.2 Å². The second-order valence-electron chi connectivity index (χ2n) is 5.25. The molecule has 0 radical (unpaired) electrons. The van der Waals surface area contributed by atoms with E-state index in [0.29, 0.717) is 37.1 Å². The molecule has 2 rings (SSSR count). The molecule has 0 aliphatic heterocycles. The van der Waals surface area contributed by atoms with Gasteiger partial charge in [0.15, 0.2) is 0 Å². The molecule has 3 N–H and O–H groups in total. The van der Waals surface area contributed by atoms with Crippen LogP contribution in [0.1, 0.15) is 54.6 Å². The first-order valence-electron chi connectivity index (χ1n) is 7.47. The fraction of sp³-hybridized carbons (Fsp3) is 0.667. The maximum absolute atomic E-state index is 11.8. The van der Waals surface area contributed by atoms with Gasteiger partial charge in [0, 0.05) is 13.2 Å². The van der Waals surface area contributed by atoms with Gasteiger partial charge in [0.25, 0.3) is 5.91 Å². The first-order valence-corrected chi connectivity index (χ1v) is 7.47. The van der Waals surface area contributed by atoms with Crippen molar-refractivity contribution in [1.29, 1.82) is 0 Å². The zero-order chi connectivity index (χ0) is 14.2. The van der Waals surface area contributed by atoms with Crippen LogP contribution in [-0.4, -0.2) is 25.2 Å². The minimum atomic E-state index is -0.119. The maximum atomic E-state index is 11.8. The smallest absolute Gasteiger partial charge is 0.254 e. The molecule has 0 spiro atoms. The van der Waals surface area contributed by atoms with Gasteiger partial charge < -0.3 is 20.2 Å². The topological polar surface area (TPSA) is 77.5 Å². The van der Waals surface area contributed by atoms with Crippen molar-refractivity contribution in [2.45, 2.75) is 51.2 Å². The molecule has 1 fully saturated rings. The monoisotopic (exact) mass is 316 g/mol. The summed E-state index contributed by atoms with van der Waals surface area (Å²) in [6.07, 6.45) is 8.98. The highest BCUT2D eigenvalue weighted by atomic mass is 35.5. The van der Waals surface area contributed by atoms with Gasteiger partial charge in [-0.25, -0.2) is 0 Å². The van der Waals surface area contributed by atoms with E-state index in [1.54, 1.807) is 6.07 Å². The third-order valence-corrected chi connectivity index (χ3v) is 3.63. The van der Waals surface area contributed by atoms with Crippen LogP contribution < -0.4 is 11.1 Å². The molecule has 1 aromatic rings. The van der Waals surface area contributed by atoms with Gasteiger partial charge in [-0.1, -0.05) is 19.3 Å². The van der Waals surface area contributed by atoms with Crippen LogP contribution in [0.4, 0.5) is 0 Å². The van der Waals surface area contributed by atoms with E-state index < -0.39 is 0 Å². The van der Waals surface area contributed by atoms with Crippen LogP contribution in [0.15, 0.2) is 16.7 Å². The summed E-state index contributed by atoms with van der Waals surface area (Å²) in [6, 6.07) is 1.67. The second-order valence-corrected chi connectivity index (χ2v) is 5.25. The van der Waals surface area contributed by atoms with Gasteiger partial charge in [-0.2, -0.15) is 0 Å². The summed E-state index contributed by atoms with van der Waals surface area (Å²) in [5.74, 6) is 0.502. The lowest BCUT2D eigenvalue weighted by Crippen LogP contribution is -2.26. The average molecular weight is 317 g/mol. The van der Waals surface area contributed by atoms with Crippen LogP contribution in [0.25, 0.3) is 0 Å². The number of amides is 1. The number of halogens is 1. The van der Waals surface area contributed by atoms with Gasteiger partial charge in [-0.3, -0.25) is 4.79 Å². The fourth-order valence-electron chi connectivity index (χ4n) is 2.46. The summed E-state index contributed by atoms with van der Waals surface area (Å²) in [5.41, 5.74) is 5.96. The predicted octanol–water partition coefficient (Wildman–Crippen LogP) is 2.63. The standard InChI is InChI=1S/C15H24N2O3.ClH/c16-10-14-9-12(11-20-14)15(18)17-7-4-8-19-13-5-2-1-3-6-13;/h9,11,13H,1-8,10,16H2,(H,17,18);1H. The molecule has 1 aromatic heterocycles. The van der Waals surface area contributed by atoms with Crippen LogP contribution in [0, 0.1) is 0 Å². The molecular weight excluding hydrogens is 292 g/mol. The first-order chi connectivity index (χ1) is 9.79. The number of carbonyl (C=O) groups is 1. The zero-order valence-electron chi connectivity index (χ0n) is 12.3. The van der Waals surface area contributed by atoms with Crippen LogP contribution >= 0.6 is 12.4 Å². The van der Waals surface area contributed by atoms with Gasteiger partial charge in [0.1, 0.15) is 12.0 Å². The lowest BCUT2D eigenvalue weighted by atomic mass is 9.98. The van der Waals surface area contributed by atoms with Crippen LogP contribution in [0.5, 0.6) is 0 Å². The highest BCUT2D eigenvalue weighted by Crippen LogP contribution is 2.20. The lowest BCUT2D eigenvalue weighted by Gasteiger charge is -2.21. The molecule has 1 amide bonds. The van der Waals surface area contributed by atoms with Crippen molar-refractivity contribution in [3.8, 4) is 0 Å². The number of nitrogens with one attached hydrogen (secondary N) is 1. The van der Waals surface area contributed by atoms with Crippen molar-refractivity contribution < 1.29 is 13.9 Å². The highest BCUT2D eigenvalue weighted by molar-refractivity contribution is 5.93. The number of nitrogens with two attached hydrogens (primary N) is 1. The summed E-state index contributed by atoms with van der Waals surface area (Å²) in [6.45, 7) is 1.64. The van der Waals surface area contributed by atoms with E-state index >= 15 is 0 Å². The van der Waals surface area contributed by atoms with Crippen LogP contribution in [0.2, 0.25) is 0 Å². The molecule has 0 aromatic carbocycles. The van der Waals surface area contributed by atoms with E-state index in [4.69, 9.17) is 14.9 Å². The molecule has 1 saturated carbocycles. The minimum Gasteiger partial charge on any atom is -0.467 e. The predicted molar refractivity (Wildman–Crippen MR) is 83.6 cm³/mol. The Morgan fingerprint density at radius 1 is 1.38 bits per heavy atom. The number of rotatable bonds is 7.